The molecule has 2 aromatic carbocycles. The Balaban J connectivity index is 2.43. The van der Waals surface area contributed by atoms with Gasteiger partial charge in [0, 0.05) is 18.1 Å². The van der Waals surface area contributed by atoms with Crippen molar-refractivity contribution in [2.45, 2.75) is 13.8 Å². The first-order valence-electron chi connectivity index (χ1n) is 6.18. The van der Waals surface area contributed by atoms with Crippen molar-refractivity contribution in [1.82, 2.24) is 0 Å². The van der Waals surface area contributed by atoms with Crippen LogP contribution in [0.1, 0.15) is 28.4 Å². The number of hydrogen-bond acceptors (Lipinski definition) is 3. The zero-order valence-electron chi connectivity index (χ0n) is 11.4. The summed E-state index contributed by atoms with van der Waals surface area (Å²) in [7, 11) is 0. The van der Waals surface area contributed by atoms with Crippen LogP contribution >= 0.6 is 23.2 Å². The molecule has 0 fully saturated rings. The monoisotopic (exact) mass is 322 g/mol. The molecule has 0 aromatic heterocycles. The molecule has 0 amide bonds. The molecule has 108 valence electrons. The molecule has 0 spiro atoms. The van der Waals surface area contributed by atoms with E-state index in [1.165, 1.54) is 19.1 Å². The summed E-state index contributed by atoms with van der Waals surface area (Å²) in [6.45, 7) is 3.16. The van der Waals surface area contributed by atoms with E-state index in [4.69, 9.17) is 27.9 Å². The SMILES string of the molecule is CC(=O)Oc1ccc(C(=O)c2cccc(C)c2)c(Cl)c1Cl. The number of hydrogen-bond donors (Lipinski definition) is 0. The summed E-state index contributed by atoms with van der Waals surface area (Å²) in [6.07, 6.45) is 0. The molecule has 0 bridgehead atoms. The molecule has 2 rings (SSSR count). The smallest absolute Gasteiger partial charge is 0.308 e. The maximum absolute atomic E-state index is 12.5. The quantitative estimate of drug-likeness (QED) is 0.476. The molecule has 0 aliphatic rings. The minimum atomic E-state index is -0.509. The van der Waals surface area contributed by atoms with Crippen molar-refractivity contribution in [2.75, 3.05) is 0 Å². The highest BCUT2D eigenvalue weighted by molar-refractivity contribution is 6.45. The van der Waals surface area contributed by atoms with Crippen LogP contribution in [0.15, 0.2) is 36.4 Å². The third kappa shape index (κ3) is 3.43. The second kappa shape index (κ2) is 6.29. The highest BCUT2D eigenvalue weighted by Gasteiger charge is 2.18. The lowest BCUT2D eigenvalue weighted by Crippen LogP contribution is -2.06. The van der Waals surface area contributed by atoms with Crippen molar-refractivity contribution in [3.05, 3.63) is 63.1 Å². The van der Waals surface area contributed by atoms with Crippen LogP contribution in [0.3, 0.4) is 0 Å². The molecular weight excluding hydrogens is 311 g/mol. The fourth-order valence-electron chi connectivity index (χ4n) is 1.88. The van der Waals surface area contributed by atoms with Crippen molar-refractivity contribution < 1.29 is 14.3 Å². The summed E-state index contributed by atoms with van der Waals surface area (Å²) in [5.41, 5.74) is 1.76. The Morgan fingerprint density at radius 1 is 1.05 bits per heavy atom. The number of esters is 1. The van der Waals surface area contributed by atoms with Crippen LogP contribution in [0.5, 0.6) is 5.75 Å². The van der Waals surface area contributed by atoms with E-state index >= 15 is 0 Å². The zero-order chi connectivity index (χ0) is 15.6. The van der Waals surface area contributed by atoms with Gasteiger partial charge in [0.05, 0.1) is 5.02 Å². The Kier molecular flexibility index (Phi) is 4.66. The molecule has 3 nitrogen and oxygen atoms in total. The van der Waals surface area contributed by atoms with Gasteiger partial charge in [-0.2, -0.15) is 0 Å². The third-order valence-electron chi connectivity index (χ3n) is 2.83. The predicted molar refractivity (Wildman–Crippen MR) is 82.4 cm³/mol. The Labute approximate surface area is 132 Å². The van der Waals surface area contributed by atoms with E-state index in [2.05, 4.69) is 0 Å². The number of carbonyl (C=O) groups is 2. The third-order valence-corrected chi connectivity index (χ3v) is 3.69. The minimum absolute atomic E-state index is 0.0466. The fraction of sp³-hybridized carbons (Fsp3) is 0.125. The maximum Gasteiger partial charge on any atom is 0.308 e. The summed E-state index contributed by atoms with van der Waals surface area (Å²) >= 11 is 12.2. The van der Waals surface area contributed by atoms with Gasteiger partial charge in [-0.05, 0) is 25.1 Å². The van der Waals surface area contributed by atoms with Gasteiger partial charge < -0.3 is 4.74 Å². The van der Waals surface area contributed by atoms with E-state index < -0.39 is 5.97 Å². The maximum atomic E-state index is 12.5. The van der Waals surface area contributed by atoms with Crippen molar-refractivity contribution in [3.63, 3.8) is 0 Å². The summed E-state index contributed by atoms with van der Waals surface area (Å²) < 4.78 is 4.92. The largest absolute Gasteiger partial charge is 0.425 e. The van der Waals surface area contributed by atoms with Gasteiger partial charge in [0.25, 0.3) is 0 Å². The number of carbonyl (C=O) groups excluding carboxylic acids is 2. The first-order chi connectivity index (χ1) is 9.90. The second-order valence-corrected chi connectivity index (χ2v) is 5.29. The molecule has 21 heavy (non-hydrogen) atoms. The van der Waals surface area contributed by atoms with Crippen LogP contribution in [0.2, 0.25) is 10.0 Å². The average Bonchev–Trinajstić information content (AvgIpc) is 2.43. The Bertz CT molecular complexity index is 723. The summed E-state index contributed by atoms with van der Waals surface area (Å²) in [5.74, 6) is -0.610. The first-order valence-corrected chi connectivity index (χ1v) is 6.93. The summed E-state index contributed by atoms with van der Waals surface area (Å²) in [5, 5.41) is 0.118. The Hall–Kier alpha value is -1.84. The fourth-order valence-corrected chi connectivity index (χ4v) is 2.33. The number of ketones is 1. The van der Waals surface area contributed by atoms with E-state index in [-0.39, 0.29) is 27.1 Å². The number of aryl methyl sites for hydroxylation is 1. The zero-order valence-corrected chi connectivity index (χ0v) is 13.0. The van der Waals surface area contributed by atoms with Crippen molar-refractivity contribution in [2.24, 2.45) is 0 Å². The molecule has 5 heteroatoms. The van der Waals surface area contributed by atoms with Crippen LogP contribution in [0.4, 0.5) is 0 Å². The van der Waals surface area contributed by atoms with E-state index in [1.807, 2.05) is 13.0 Å². The Morgan fingerprint density at radius 2 is 1.76 bits per heavy atom. The van der Waals surface area contributed by atoms with Crippen LogP contribution in [-0.2, 0) is 4.79 Å². The Morgan fingerprint density at radius 3 is 2.38 bits per heavy atom. The van der Waals surface area contributed by atoms with Crippen LogP contribution in [-0.4, -0.2) is 11.8 Å². The van der Waals surface area contributed by atoms with Gasteiger partial charge in [-0.25, -0.2) is 0 Å². The van der Waals surface area contributed by atoms with Crippen LogP contribution in [0, 0.1) is 6.92 Å². The first kappa shape index (κ1) is 15.5. The van der Waals surface area contributed by atoms with Crippen LogP contribution in [0.25, 0.3) is 0 Å². The molecule has 0 aliphatic heterocycles. The molecule has 0 heterocycles. The normalized spacial score (nSPS) is 10.3. The summed E-state index contributed by atoms with van der Waals surface area (Å²) in [6, 6.07) is 10.1. The standard InChI is InChI=1S/C16H12Cl2O3/c1-9-4-3-5-11(8-9)16(20)12-6-7-13(21-10(2)19)15(18)14(12)17/h3-8H,1-2H3. The van der Waals surface area contributed by atoms with Gasteiger partial charge in [0.15, 0.2) is 11.5 Å². The van der Waals surface area contributed by atoms with Gasteiger partial charge in [0.2, 0.25) is 0 Å². The van der Waals surface area contributed by atoms with E-state index in [0.29, 0.717) is 5.56 Å². The van der Waals surface area contributed by atoms with E-state index in [0.717, 1.165) is 5.56 Å². The van der Waals surface area contributed by atoms with Gasteiger partial charge in [-0.1, -0.05) is 47.0 Å². The molecule has 0 atom stereocenters. The number of ether oxygens (including phenoxy) is 1. The topological polar surface area (TPSA) is 43.4 Å². The minimum Gasteiger partial charge on any atom is -0.425 e. The van der Waals surface area contributed by atoms with Crippen molar-refractivity contribution in [3.8, 4) is 5.75 Å². The van der Waals surface area contributed by atoms with Gasteiger partial charge in [-0.15, -0.1) is 0 Å². The molecule has 0 N–H and O–H groups in total. The lowest BCUT2D eigenvalue weighted by atomic mass is 10.0. The molecule has 0 saturated heterocycles. The molecular formula is C16H12Cl2O3. The molecule has 0 unspecified atom stereocenters. The highest BCUT2D eigenvalue weighted by atomic mass is 35.5. The molecule has 0 aliphatic carbocycles. The number of halogens is 2. The lowest BCUT2D eigenvalue weighted by molar-refractivity contribution is -0.131. The second-order valence-electron chi connectivity index (χ2n) is 4.53. The van der Waals surface area contributed by atoms with E-state index in [9.17, 15) is 9.59 Å². The number of benzene rings is 2. The van der Waals surface area contributed by atoms with Crippen molar-refractivity contribution >= 4 is 35.0 Å². The number of rotatable bonds is 3. The van der Waals surface area contributed by atoms with Gasteiger partial charge in [0.1, 0.15) is 5.02 Å². The van der Waals surface area contributed by atoms with Crippen molar-refractivity contribution in [1.29, 1.82) is 0 Å². The molecule has 2 aromatic rings. The highest BCUT2D eigenvalue weighted by Crippen LogP contribution is 2.35. The van der Waals surface area contributed by atoms with Gasteiger partial charge >= 0.3 is 5.97 Å². The predicted octanol–water partition coefficient (Wildman–Crippen LogP) is 4.46. The van der Waals surface area contributed by atoms with E-state index in [1.54, 1.807) is 18.2 Å². The molecule has 0 saturated carbocycles. The van der Waals surface area contributed by atoms with Crippen LogP contribution < -0.4 is 4.74 Å². The van der Waals surface area contributed by atoms with Gasteiger partial charge in [-0.3, -0.25) is 9.59 Å². The summed E-state index contributed by atoms with van der Waals surface area (Å²) in [4.78, 5) is 23.4. The molecule has 0 radical (unpaired) electrons. The lowest BCUT2D eigenvalue weighted by Gasteiger charge is -2.09. The average molecular weight is 323 g/mol.